The molecule has 0 amide bonds. The molecule has 8 heteroatoms. The summed E-state index contributed by atoms with van der Waals surface area (Å²) in [4.78, 5) is 7.51. The lowest BCUT2D eigenvalue weighted by molar-refractivity contribution is 0.596. The summed E-state index contributed by atoms with van der Waals surface area (Å²) >= 11 is 0. The summed E-state index contributed by atoms with van der Waals surface area (Å²) < 4.78 is 35.7. The molecule has 96 valence electrons. The maximum atomic E-state index is 13.2. The second kappa shape index (κ2) is 5.76. The minimum absolute atomic E-state index is 0.00402. The van der Waals surface area contributed by atoms with E-state index in [2.05, 4.69) is 20.6 Å². The maximum Gasteiger partial charge on any atom is 0.224 e. The molecule has 1 heterocycles. The number of aromatic nitrogens is 2. The van der Waals surface area contributed by atoms with Crippen molar-refractivity contribution in [3.63, 3.8) is 0 Å². The second-order valence-corrected chi connectivity index (χ2v) is 5.78. The van der Waals surface area contributed by atoms with Gasteiger partial charge >= 0.3 is 0 Å². The molecule has 0 radical (unpaired) electrons. The first-order chi connectivity index (χ1) is 7.98. The molecule has 0 aliphatic carbocycles. The predicted octanol–water partition coefficient (Wildman–Crippen LogP) is 0.504. The number of halogens is 1. The molecule has 0 fully saturated rings. The van der Waals surface area contributed by atoms with Crippen LogP contribution in [0.4, 0.5) is 16.2 Å². The van der Waals surface area contributed by atoms with Crippen molar-refractivity contribution in [1.82, 2.24) is 9.97 Å². The van der Waals surface area contributed by atoms with E-state index in [0.717, 1.165) is 6.20 Å². The van der Waals surface area contributed by atoms with Crippen LogP contribution in [-0.4, -0.2) is 43.5 Å². The van der Waals surface area contributed by atoms with E-state index in [1.54, 1.807) is 14.0 Å². The lowest BCUT2D eigenvalue weighted by atomic mass is 10.5. The van der Waals surface area contributed by atoms with E-state index in [1.807, 2.05) is 0 Å². The van der Waals surface area contributed by atoms with Gasteiger partial charge in [-0.05, 0) is 0 Å². The first kappa shape index (κ1) is 13.6. The highest BCUT2D eigenvalue weighted by molar-refractivity contribution is 7.91. The van der Waals surface area contributed by atoms with Crippen molar-refractivity contribution < 1.29 is 12.8 Å². The molecule has 1 aromatic heterocycles. The van der Waals surface area contributed by atoms with Crippen LogP contribution in [0.25, 0.3) is 0 Å². The van der Waals surface area contributed by atoms with Crippen LogP contribution < -0.4 is 10.6 Å². The SMILES string of the molecule is CCS(=O)(=O)CCNc1nc(NC)ncc1F. The summed E-state index contributed by atoms with van der Waals surface area (Å²) in [5, 5.41) is 5.30. The Hall–Kier alpha value is -1.44. The number of hydrogen-bond acceptors (Lipinski definition) is 6. The van der Waals surface area contributed by atoms with Gasteiger partial charge in [-0.3, -0.25) is 0 Å². The molecule has 0 saturated heterocycles. The number of rotatable bonds is 6. The average molecular weight is 262 g/mol. The number of anilines is 2. The Balaban J connectivity index is 2.63. The maximum absolute atomic E-state index is 13.2. The summed E-state index contributed by atoms with van der Waals surface area (Å²) in [5.41, 5.74) is 0. The van der Waals surface area contributed by atoms with Crippen LogP contribution in [-0.2, 0) is 9.84 Å². The Morgan fingerprint density at radius 2 is 2.18 bits per heavy atom. The summed E-state index contributed by atoms with van der Waals surface area (Å²) in [5.74, 6) is -0.328. The Labute approximate surface area is 99.6 Å². The monoisotopic (exact) mass is 262 g/mol. The largest absolute Gasteiger partial charge is 0.366 e. The quantitative estimate of drug-likeness (QED) is 0.777. The normalized spacial score (nSPS) is 11.2. The third-order valence-electron chi connectivity index (χ3n) is 2.11. The van der Waals surface area contributed by atoms with Crippen molar-refractivity contribution in [1.29, 1.82) is 0 Å². The van der Waals surface area contributed by atoms with Gasteiger partial charge in [0.25, 0.3) is 0 Å². The van der Waals surface area contributed by atoms with Gasteiger partial charge in [-0.25, -0.2) is 17.8 Å². The summed E-state index contributed by atoms with van der Waals surface area (Å²) in [6.45, 7) is 1.69. The highest BCUT2D eigenvalue weighted by Crippen LogP contribution is 2.11. The van der Waals surface area contributed by atoms with Gasteiger partial charge in [-0.15, -0.1) is 0 Å². The van der Waals surface area contributed by atoms with Gasteiger partial charge in [0.2, 0.25) is 5.95 Å². The summed E-state index contributed by atoms with van der Waals surface area (Å²) in [6, 6.07) is 0. The Morgan fingerprint density at radius 3 is 2.76 bits per heavy atom. The predicted molar refractivity (Wildman–Crippen MR) is 64.4 cm³/mol. The van der Waals surface area contributed by atoms with Crippen molar-refractivity contribution in [2.45, 2.75) is 6.92 Å². The minimum Gasteiger partial charge on any atom is -0.366 e. The Bertz CT molecular complexity index is 478. The Kier molecular flexibility index (Phi) is 4.62. The first-order valence-corrected chi connectivity index (χ1v) is 6.95. The summed E-state index contributed by atoms with van der Waals surface area (Å²) in [7, 11) is -1.45. The van der Waals surface area contributed by atoms with E-state index < -0.39 is 15.7 Å². The zero-order valence-electron chi connectivity index (χ0n) is 9.70. The zero-order chi connectivity index (χ0) is 12.9. The van der Waals surface area contributed by atoms with Crippen molar-refractivity contribution in [3.8, 4) is 0 Å². The van der Waals surface area contributed by atoms with Crippen molar-refractivity contribution in [2.75, 3.05) is 35.7 Å². The van der Waals surface area contributed by atoms with Gasteiger partial charge < -0.3 is 10.6 Å². The number of nitrogens with one attached hydrogen (secondary N) is 2. The lowest BCUT2D eigenvalue weighted by Gasteiger charge is -2.07. The van der Waals surface area contributed by atoms with E-state index in [-0.39, 0.29) is 29.8 Å². The van der Waals surface area contributed by atoms with Gasteiger partial charge in [0.05, 0.1) is 11.9 Å². The number of sulfone groups is 1. The van der Waals surface area contributed by atoms with Crippen LogP contribution in [0.15, 0.2) is 6.20 Å². The molecule has 0 aromatic carbocycles. The van der Waals surface area contributed by atoms with Crippen molar-refractivity contribution in [2.24, 2.45) is 0 Å². The molecule has 0 bridgehead atoms. The molecule has 1 rings (SSSR count). The van der Waals surface area contributed by atoms with Gasteiger partial charge in [0.15, 0.2) is 21.5 Å². The molecule has 6 nitrogen and oxygen atoms in total. The van der Waals surface area contributed by atoms with Gasteiger partial charge in [-0.2, -0.15) is 4.98 Å². The Morgan fingerprint density at radius 1 is 1.47 bits per heavy atom. The molecule has 0 saturated carbocycles. The third kappa shape index (κ3) is 4.14. The standard InChI is InChI=1S/C9H15FN4O2S/c1-3-17(15,16)5-4-12-8-7(10)6-13-9(11-2)14-8/h6H,3-5H2,1-2H3,(H2,11,12,13,14). The van der Waals surface area contributed by atoms with Crippen LogP contribution in [0.1, 0.15) is 6.92 Å². The molecule has 0 unspecified atom stereocenters. The molecule has 0 aliphatic heterocycles. The van der Waals surface area contributed by atoms with E-state index in [4.69, 9.17) is 0 Å². The van der Waals surface area contributed by atoms with Crippen molar-refractivity contribution in [3.05, 3.63) is 12.0 Å². The first-order valence-electron chi connectivity index (χ1n) is 5.13. The van der Waals surface area contributed by atoms with Gasteiger partial charge in [0.1, 0.15) is 0 Å². The van der Waals surface area contributed by atoms with Crippen LogP contribution in [0.3, 0.4) is 0 Å². The number of hydrogen-bond donors (Lipinski definition) is 2. The van der Waals surface area contributed by atoms with E-state index in [1.165, 1.54) is 0 Å². The molecule has 0 atom stereocenters. The van der Waals surface area contributed by atoms with Crippen molar-refractivity contribution >= 4 is 21.6 Å². The highest BCUT2D eigenvalue weighted by Gasteiger charge is 2.09. The van der Waals surface area contributed by atoms with E-state index in [0.29, 0.717) is 0 Å². The molecular weight excluding hydrogens is 247 g/mol. The smallest absolute Gasteiger partial charge is 0.224 e. The highest BCUT2D eigenvalue weighted by atomic mass is 32.2. The minimum atomic E-state index is -3.06. The fourth-order valence-electron chi connectivity index (χ4n) is 1.08. The van der Waals surface area contributed by atoms with Crippen LogP contribution in [0.5, 0.6) is 0 Å². The summed E-state index contributed by atoms with van der Waals surface area (Å²) in [6.07, 6.45) is 1.02. The zero-order valence-corrected chi connectivity index (χ0v) is 10.5. The fraction of sp³-hybridized carbons (Fsp3) is 0.556. The lowest BCUT2D eigenvalue weighted by Crippen LogP contribution is -2.18. The molecule has 1 aromatic rings. The molecule has 17 heavy (non-hydrogen) atoms. The molecule has 0 spiro atoms. The van der Waals surface area contributed by atoms with Crippen LogP contribution in [0.2, 0.25) is 0 Å². The second-order valence-electron chi connectivity index (χ2n) is 3.30. The molecule has 2 N–H and O–H groups in total. The topological polar surface area (TPSA) is 84.0 Å². The van der Waals surface area contributed by atoms with E-state index >= 15 is 0 Å². The van der Waals surface area contributed by atoms with Crippen LogP contribution >= 0.6 is 0 Å². The fourth-order valence-corrected chi connectivity index (χ4v) is 1.78. The third-order valence-corrected chi connectivity index (χ3v) is 3.82. The van der Waals surface area contributed by atoms with Crippen LogP contribution in [0, 0.1) is 5.82 Å². The average Bonchev–Trinajstić information content (AvgIpc) is 2.31. The van der Waals surface area contributed by atoms with Gasteiger partial charge in [0, 0.05) is 19.3 Å². The number of nitrogens with zero attached hydrogens (tertiary/aromatic N) is 2. The molecular formula is C9H15FN4O2S. The van der Waals surface area contributed by atoms with Gasteiger partial charge in [-0.1, -0.05) is 6.92 Å². The molecule has 0 aliphatic rings. The van der Waals surface area contributed by atoms with E-state index in [9.17, 15) is 12.8 Å².